The summed E-state index contributed by atoms with van der Waals surface area (Å²) in [5, 5.41) is 7.10. The van der Waals surface area contributed by atoms with Crippen LogP contribution in [0.2, 0.25) is 10.0 Å². The monoisotopic (exact) mass is 272 g/mol. The molecule has 2 rings (SSSR count). The molecule has 5 heteroatoms. The Morgan fingerprint density at radius 1 is 1.29 bits per heavy atom. The van der Waals surface area contributed by atoms with Gasteiger partial charge in [-0.2, -0.15) is 0 Å². The second-order valence-corrected chi connectivity index (χ2v) is 5.06. The Balaban J connectivity index is 2.01. The predicted molar refractivity (Wildman–Crippen MR) is 70.7 cm³/mol. The summed E-state index contributed by atoms with van der Waals surface area (Å²) in [6, 6.07) is 5.03. The van der Waals surface area contributed by atoms with Gasteiger partial charge in [0.2, 0.25) is 5.91 Å². The van der Waals surface area contributed by atoms with Crippen LogP contribution in [0.3, 0.4) is 0 Å². The first-order valence-electron chi connectivity index (χ1n) is 5.63. The Bertz CT molecular complexity index is 397. The van der Waals surface area contributed by atoms with Crippen molar-refractivity contribution in [2.45, 2.75) is 12.8 Å². The maximum Gasteiger partial charge on any atom is 0.228 e. The van der Waals surface area contributed by atoms with Crippen molar-refractivity contribution in [3.63, 3.8) is 0 Å². The van der Waals surface area contributed by atoms with E-state index in [1.807, 2.05) is 0 Å². The van der Waals surface area contributed by atoms with Gasteiger partial charge in [-0.1, -0.05) is 23.2 Å². The summed E-state index contributed by atoms with van der Waals surface area (Å²) in [4.78, 5) is 12.0. The highest BCUT2D eigenvalue weighted by molar-refractivity contribution is 6.35. The van der Waals surface area contributed by atoms with Crippen LogP contribution in [0.25, 0.3) is 0 Å². The maximum atomic E-state index is 12.0. The Morgan fingerprint density at radius 2 is 2.00 bits per heavy atom. The minimum absolute atomic E-state index is 0.0236. The van der Waals surface area contributed by atoms with Crippen molar-refractivity contribution >= 4 is 34.8 Å². The zero-order chi connectivity index (χ0) is 12.3. The van der Waals surface area contributed by atoms with Gasteiger partial charge in [0, 0.05) is 22.3 Å². The van der Waals surface area contributed by atoms with Gasteiger partial charge in [0.15, 0.2) is 0 Å². The van der Waals surface area contributed by atoms with E-state index in [-0.39, 0.29) is 11.8 Å². The lowest BCUT2D eigenvalue weighted by molar-refractivity contribution is -0.120. The van der Waals surface area contributed by atoms with Crippen molar-refractivity contribution in [3.05, 3.63) is 28.2 Å². The molecule has 1 aliphatic rings. The van der Waals surface area contributed by atoms with Gasteiger partial charge in [0.05, 0.1) is 5.92 Å². The maximum absolute atomic E-state index is 12.0. The van der Waals surface area contributed by atoms with E-state index in [0.717, 1.165) is 25.9 Å². The molecule has 1 saturated heterocycles. The zero-order valence-electron chi connectivity index (χ0n) is 9.30. The quantitative estimate of drug-likeness (QED) is 0.869. The second-order valence-electron chi connectivity index (χ2n) is 4.19. The van der Waals surface area contributed by atoms with E-state index in [0.29, 0.717) is 15.7 Å². The van der Waals surface area contributed by atoms with E-state index in [2.05, 4.69) is 10.6 Å². The first-order valence-corrected chi connectivity index (χ1v) is 6.38. The molecular weight excluding hydrogens is 259 g/mol. The molecule has 1 atom stereocenters. The van der Waals surface area contributed by atoms with Crippen LogP contribution in [0.15, 0.2) is 18.2 Å². The summed E-state index contributed by atoms with van der Waals surface area (Å²) in [6.45, 7) is 1.73. The standard InChI is InChI=1S/C12H14Cl2N2O/c13-9-4-10(14)6-11(5-9)16-12(17)8-2-1-3-15-7-8/h4-6,8,15H,1-3,7H2,(H,16,17). The number of halogens is 2. The molecule has 1 heterocycles. The van der Waals surface area contributed by atoms with Gasteiger partial charge < -0.3 is 10.6 Å². The van der Waals surface area contributed by atoms with E-state index in [1.54, 1.807) is 18.2 Å². The van der Waals surface area contributed by atoms with Crippen LogP contribution in [-0.4, -0.2) is 19.0 Å². The summed E-state index contributed by atoms with van der Waals surface area (Å²) in [5.74, 6) is 0.0528. The van der Waals surface area contributed by atoms with Crippen molar-refractivity contribution < 1.29 is 4.79 Å². The third-order valence-electron chi connectivity index (χ3n) is 2.80. The van der Waals surface area contributed by atoms with Crippen molar-refractivity contribution in [1.82, 2.24) is 5.32 Å². The van der Waals surface area contributed by atoms with Crippen molar-refractivity contribution in [2.24, 2.45) is 5.92 Å². The van der Waals surface area contributed by atoms with Crippen LogP contribution in [0, 0.1) is 5.92 Å². The largest absolute Gasteiger partial charge is 0.326 e. The summed E-state index contributed by atoms with van der Waals surface area (Å²) < 4.78 is 0. The lowest BCUT2D eigenvalue weighted by Crippen LogP contribution is -2.37. The van der Waals surface area contributed by atoms with Gasteiger partial charge in [0.25, 0.3) is 0 Å². The summed E-state index contributed by atoms with van der Waals surface area (Å²) in [5.41, 5.74) is 0.651. The molecule has 0 saturated carbocycles. The predicted octanol–water partition coefficient (Wildman–Crippen LogP) is 2.93. The molecule has 0 aliphatic carbocycles. The molecule has 92 valence electrons. The summed E-state index contributed by atoms with van der Waals surface area (Å²) in [7, 11) is 0. The Kier molecular flexibility index (Phi) is 4.26. The third-order valence-corrected chi connectivity index (χ3v) is 3.23. The normalized spacial score (nSPS) is 20.0. The fourth-order valence-electron chi connectivity index (χ4n) is 1.95. The fraction of sp³-hybridized carbons (Fsp3) is 0.417. The lowest BCUT2D eigenvalue weighted by atomic mass is 9.99. The van der Waals surface area contributed by atoms with Crippen LogP contribution in [0.5, 0.6) is 0 Å². The second kappa shape index (κ2) is 5.71. The Hall–Kier alpha value is -0.770. The van der Waals surface area contributed by atoms with E-state index < -0.39 is 0 Å². The topological polar surface area (TPSA) is 41.1 Å². The highest BCUT2D eigenvalue weighted by Crippen LogP contribution is 2.23. The third kappa shape index (κ3) is 3.60. The number of amides is 1. The van der Waals surface area contributed by atoms with Gasteiger partial charge in [-0.3, -0.25) is 4.79 Å². The zero-order valence-corrected chi connectivity index (χ0v) is 10.8. The highest BCUT2D eigenvalue weighted by Gasteiger charge is 2.20. The molecule has 1 unspecified atom stereocenters. The van der Waals surface area contributed by atoms with Gasteiger partial charge in [0.1, 0.15) is 0 Å². The number of nitrogens with one attached hydrogen (secondary N) is 2. The van der Waals surface area contributed by atoms with E-state index in [4.69, 9.17) is 23.2 Å². The molecule has 17 heavy (non-hydrogen) atoms. The molecule has 1 aromatic carbocycles. The van der Waals surface area contributed by atoms with Gasteiger partial charge in [-0.15, -0.1) is 0 Å². The molecule has 1 amide bonds. The van der Waals surface area contributed by atoms with Crippen LogP contribution < -0.4 is 10.6 Å². The van der Waals surface area contributed by atoms with Crippen molar-refractivity contribution in [1.29, 1.82) is 0 Å². The van der Waals surface area contributed by atoms with E-state index in [1.165, 1.54) is 0 Å². The minimum atomic E-state index is 0.0236. The number of hydrogen-bond donors (Lipinski definition) is 2. The van der Waals surface area contributed by atoms with Crippen molar-refractivity contribution in [3.8, 4) is 0 Å². The Labute approximate surface area is 110 Å². The number of anilines is 1. The first kappa shape index (κ1) is 12.7. The van der Waals surface area contributed by atoms with Crippen LogP contribution in [0.4, 0.5) is 5.69 Å². The molecular formula is C12H14Cl2N2O. The minimum Gasteiger partial charge on any atom is -0.326 e. The van der Waals surface area contributed by atoms with Crippen LogP contribution in [-0.2, 0) is 4.79 Å². The first-order chi connectivity index (χ1) is 8.15. The summed E-state index contributed by atoms with van der Waals surface area (Å²) >= 11 is 11.7. The van der Waals surface area contributed by atoms with Crippen molar-refractivity contribution in [2.75, 3.05) is 18.4 Å². The van der Waals surface area contributed by atoms with Gasteiger partial charge in [-0.05, 0) is 37.6 Å². The average Bonchev–Trinajstić information content (AvgIpc) is 2.28. The number of hydrogen-bond acceptors (Lipinski definition) is 2. The summed E-state index contributed by atoms with van der Waals surface area (Å²) in [6.07, 6.45) is 1.96. The number of carbonyl (C=O) groups excluding carboxylic acids is 1. The molecule has 3 nitrogen and oxygen atoms in total. The smallest absolute Gasteiger partial charge is 0.228 e. The van der Waals surface area contributed by atoms with E-state index in [9.17, 15) is 4.79 Å². The number of piperidine rings is 1. The average molecular weight is 273 g/mol. The van der Waals surface area contributed by atoms with Crippen LogP contribution >= 0.6 is 23.2 Å². The molecule has 1 aliphatic heterocycles. The SMILES string of the molecule is O=C(Nc1cc(Cl)cc(Cl)c1)C1CCCNC1. The molecule has 0 spiro atoms. The molecule has 1 aromatic rings. The number of rotatable bonds is 2. The highest BCUT2D eigenvalue weighted by atomic mass is 35.5. The van der Waals surface area contributed by atoms with E-state index >= 15 is 0 Å². The molecule has 0 aromatic heterocycles. The molecule has 1 fully saturated rings. The van der Waals surface area contributed by atoms with Crippen LogP contribution in [0.1, 0.15) is 12.8 Å². The fourth-order valence-corrected chi connectivity index (χ4v) is 2.47. The molecule has 2 N–H and O–H groups in total. The number of carbonyl (C=O) groups is 1. The molecule has 0 radical (unpaired) electrons. The Morgan fingerprint density at radius 3 is 2.59 bits per heavy atom. The number of benzene rings is 1. The lowest BCUT2D eigenvalue weighted by Gasteiger charge is -2.21. The molecule has 0 bridgehead atoms. The van der Waals surface area contributed by atoms with Gasteiger partial charge in [-0.25, -0.2) is 0 Å². The van der Waals surface area contributed by atoms with Gasteiger partial charge >= 0.3 is 0 Å².